The number of amides is 1. The zero-order valence-electron chi connectivity index (χ0n) is 12.9. The molecule has 0 spiro atoms. The quantitative estimate of drug-likeness (QED) is 0.402. The van der Waals surface area contributed by atoms with Gasteiger partial charge in [0.05, 0.1) is 17.9 Å². The van der Waals surface area contributed by atoms with Gasteiger partial charge in [0.15, 0.2) is 4.34 Å². The van der Waals surface area contributed by atoms with E-state index < -0.39 is 0 Å². The fraction of sp³-hybridized carbons (Fsp3) is 0.0588. The molecule has 1 amide bonds. The lowest BCUT2D eigenvalue weighted by Crippen LogP contribution is -2.07. The number of benzene rings is 1. The highest BCUT2D eigenvalue weighted by Gasteiger charge is 2.07. The van der Waals surface area contributed by atoms with Crippen LogP contribution in [0.5, 0.6) is 0 Å². The summed E-state index contributed by atoms with van der Waals surface area (Å²) in [6.45, 7) is 0. The number of hydrogen-bond donors (Lipinski definition) is 1. The van der Waals surface area contributed by atoms with Crippen molar-refractivity contribution in [3.63, 3.8) is 0 Å². The van der Waals surface area contributed by atoms with Gasteiger partial charge >= 0.3 is 0 Å². The molecule has 25 heavy (non-hydrogen) atoms. The monoisotopic (exact) mass is 368 g/mol. The molecule has 124 valence electrons. The normalized spacial score (nSPS) is 10.7. The number of nitrogens with zero attached hydrogens (tertiary/aromatic N) is 3. The van der Waals surface area contributed by atoms with Gasteiger partial charge in [-0.25, -0.2) is 0 Å². The number of aromatic nitrogens is 2. The number of thioether (sulfide) groups is 1. The van der Waals surface area contributed by atoms with Crippen LogP contribution >= 0.6 is 23.1 Å². The van der Waals surface area contributed by atoms with Crippen LogP contribution in [0.2, 0.25) is 0 Å². The van der Waals surface area contributed by atoms with Crippen molar-refractivity contribution in [3.8, 4) is 6.07 Å². The first-order valence-corrected chi connectivity index (χ1v) is 9.01. The summed E-state index contributed by atoms with van der Waals surface area (Å²) >= 11 is 2.83. The summed E-state index contributed by atoms with van der Waals surface area (Å²) in [5.41, 5.74) is 1.73. The lowest BCUT2D eigenvalue weighted by molar-refractivity contribution is -0.111. The predicted molar refractivity (Wildman–Crippen MR) is 97.0 cm³/mol. The highest BCUT2D eigenvalue weighted by Crippen LogP contribution is 2.28. The number of carbonyl (C=O) groups excluding carboxylic acids is 1. The standard InChI is InChI=1S/C17H12N4O2S2/c18-10-12-3-5-13(6-4-12)11-24-17-21-20-16(25-17)19-15(22)8-7-14-2-1-9-23-14/h1-9H,11H2,(H,19,20,22). The first kappa shape index (κ1) is 17.0. The molecule has 1 N–H and O–H groups in total. The van der Waals surface area contributed by atoms with Crippen molar-refractivity contribution in [3.05, 3.63) is 65.6 Å². The van der Waals surface area contributed by atoms with E-state index in [1.54, 1.807) is 36.6 Å². The molecule has 0 unspecified atom stereocenters. The fourth-order valence-electron chi connectivity index (χ4n) is 1.83. The third-order valence-electron chi connectivity index (χ3n) is 3.02. The molecule has 2 heterocycles. The average Bonchev–Trinajstić information content (AvgIpc) is 3.30. The van der Waals surface area contributed by atoms with E-state index in [2.05, 4.69) is 21.6 Å². The highest BCUT2D eigenvalue weighted by atomic mass is 32.2. The molecule has 0 saturated carbocycles. The fourth-order valence-corrected chi connectivity index (χ4v) is 3.54. The van der Waals surface area contributed by atoms with Crippen molar-refractivity contribution in [2.45, 2.75) is 10.1 Å². The van der Waals surface area contributed by atoms with Gasteiger partial charge in [-0.15, -0.1) is 10.2 Å². The number of carbonyl (C=O) groups is 1. The van der Waals surface area contributed by atoms with Crippen LogP contribution in [-0.2, 0) is 10.5 Å². The molecule has 3 rings (SSSR count). The smallest absolute Gasteiger partial charge is 0.250 e. The second-order valence-electron chi connectivity index (χ2n) is 4.81. The summed E-state index contributed by atoms with van der Waals surface area (Å²) in [6.07, 6.45) is 4.50. The summed E-state index contributed by atoms with van der Waals surface area (Å²) in [7, 11) is 0. The average molecular weight is 368 g/mol. The number of rotatable bonds is 6. The van der Waals surface area contributed by atoms with E-state index in [4.69, 9.17) is 9.68 Å². The molecule has 0 aliphatic carbocycles. The first-order chi connectivity index (χ1) is 12.2. The Morgan fingerprint density at radius 3 is 2.88 bits per heavy atom. The van der Waals surface area contributed by atoms with Crippen LogP contribution in [0, 0.1) is 11.3 Å². The van der Waals surface area contributed by atoms with Crippen molar-refractivity contribution >= 4 is 40.2 Å². The maximum absolute atomic E-state index is 11.8. The Balaban J connectivity index is 1.51. The minimum absolute atomic E-state index is 0.295. The number of hydrogen-bond acceptors (Lipinski definition) is 7. The van der Waals surface area contributed by atoms with E-state index in [0.29, 0.717) is 22.2 Å². The SMILES string of the molecule is N#Cc1ccc(CSc2nnc(NC(=O)C=Cc3ccco3)s2)cc1. The second-order valence-corrected chi connectivity index (χ2v) is 7.01. The van der Waals surface area contributed by atoms with Gasteiger partial charge in [0, 0.05) is 11.8 Å². The molecule has 3 aromatic rings. The van der Waals surface area contributed by atoms with Gasteiger partial charge < -0.3 is 4.42 Å². The molecular formula is C17H12N4O2S2. The van der Waals surface area contributed by atoms with Crippen LogP contribution in [0.4, 0.5) is 5.13 Å². The summed E-state index contributed by atoms with van der Waals surface area (Å²) in [4.78, 5) is 11.8. The molecule has 0 radical (unpaired) electrons. The van der Waals surface area contributed by atoms with Crippen molar-refractivity contribution in [2.24, 2.45) is 0 Å². The lowest BCUT2D eigenvalue weighted by Gasteiger charge is -1.98. The topological polar surface area (TPSA) is 91.8 Å². The van der Waals surface area contributed by atoms with Crippen LogP contribution in [0.25, 0.3) is 6.08 Å². The molecule has 2 aromatic heterocycles. The van der Waals surface area contributed by atoms with E-state index >= 15 is 0 Å². The molecule has 1 aromatic carbocycles. The van der Waals surface area contributed by atoms with Crippen LogP contribution in [0.1, 0.15) is 16.9 Å². The summed E-state index contributed by atoms with van der Waals surface area (Å²) in [6, 6.07) is 13.0. The van der Waals surface area contributed by atoms with Gasteiger partial charge in [0.2, 0.25) is 11.0 Å². The Kier molecular flexibility index (Phi) is 5.61. The number of anilines is 1. The van der Waals surface area contributed by atoms with E-state index in [1.807, 2.05) is 12.1 Å². The maximum Gasteiger partial charge on any atom is 0.250 e. The summed E-state index contributed by atoms with van der Waals surface area (Å²) in [5, 5.41) is 19.9. The molecule has 8 heteroatoms. The Labute approximate surface area is 152 Å². The third-order valence-corrected chi connectivity index (χ3v) is 5.07. The van der Waals surface area contributed by atoms with Gasteiger partial charge in [-0.05, 0) is 35.9 Å². The molecular weight excluding hydrogens is 356 g/mol. The van der Waals surface area contributed by atoms with Gasteiger partial charge in [-0.1, -0.05) is 35.2 Å². The van der Waals surface area contributed by atoms with Crippen molar-refractivity contribution in [2.75, 3.05) is 5.32 Å². The lowest BCUT2D eigenvalue weighted by atomic mass is 10.2. The Morgan fingerprint density at radius 1 is 1.32 bits per heavy atom. The molecule has 0 fully saturated rings. The van der Waals surface area contributed by atoms with Crippen molar-refractivity contribution in [1.82, 2.24) is 10.2 Å². The van der Waals surface area contributed by atoms with E-state index in [9.17, 15) is 4.79 Å². The Morgan fingerprint density at radius 2 is 2.16 bits per heavy atom. The largest absolute Gasteiger partial charge is 0.465 e. The van der Waals surface area contributed by atoms with Crippen LogP contribution in [-0.4, -0.2) is 16.1 Å². The minimum atomic E-state index is -0.295. The number of furan rings is 1. The van der Waals surface area contributed by atoms with Crippen LogP contribution in [0.15, 0.2) is 57.5 Å². The zero-order chi connectivity index (χ0) is 17.5. The molecule has 0 saturated heterocycles. The maximum atomic E-state index is 11.8. The third kappa shape index (κ3) is 5.04. The van der Waals surface area contributed by atoms with Gasteiger partial charge in [-0.2, -0.15) is 5.26 Å². The minimum Gasteiger partial charge on any atom is -0.465 e. The Hall–Kier alpha value is -2.89. The molecule has 0 aliphatic heterocycles. The van der Waals surface area contributed by atoms with Crippen LogP contribution < -0.4 is 5.32 Å². The van der Waals surface area contributed by atoms with Crippen molar-refractivity contribution < 1.29 is 9.21 Å². The predicted octanol–water partition coefficient (Wildman–Crippen LogP) is 3.95. The van der Waals surface area contributed by atoms with E-state index in [-0.39, 0.29) is 5.91 Å². The second kappa shape index (κ2) is 8.28. The van der Waals surface area contributed by atoms with Gasteiger partial charge in [-0.3, -0.25) is 10.1 Å². The zero-order valence-corrected chi connectivity index (χ0v) is 14.5. The molecule has 6 nitrogen and oxygen atoms in total. The summed E-state index contributed by atoms with van der Waals surface area (Å²) < 4.78 is 5.87. The number of nitriles is 1. The van der Waals surface area contributed by atoms with E-state index in [0.717, 1.165) is 9.90 Å². The van der Waals surface area contributed by atoms with Crippen LogP contribution in [0.3, 0.4) is 0 Å². The highest BCUT2D eigenvalue weighted by molar-refractivity contribution is 8.00. The molecule has 0 atom stereocenters. The summed E-state index contributed by atoms with van der Waals surface area (Å²) in [5.74, 6) is 1.02. The van der Waals surface area contributed by atoms with E-state index in [1.165, 1.54) is 29.2 Å². The van der Waals surface area contributed by atoms with Gasteiger partial charge in [0.1, 0.15) is 5.76 Å². The number of nitrogens with one attached hydrogen (secondary N) is 1. The molecule has 0 bridgehead atoms. The van der Waals surface area contributed by atoms with Gasteiger partial charge in [0.25, 0.3) is 0 Å². The first-order valence-electron chi connectivity index (χ1n) is 7.21. The van der Waals surface area contributed by atoms with Crippen molar-refractivity contribution in [1.29, 1.82) is 5.26 Å². The Bertz CT molecular complexity index is 909. The molecule has 0 aliphatic rings.